The summed E-state index contributed by atoms with van der Waals surface area (Å²) in [7, 11) is 0. The van der Waals surface area contributed by atoms with E-state index in [1.165, 1.54) is 5.56 Å². The molecule has 0 spiro atoms. The predicted octanol–water partition coefficient (Wildman–Crippen LogP) is 4.41. The quantitative estimate of drug-likeness (QED) is 0.228. The Bertz CT molecular complexity index is 625. The molecule has 124 valence electrons. The summed E-state index contributed by atoms with van der Waals surface area (Å²) in [5, 5.41) is 11.0. The number of allylic oxidation sites excluding steroid dienone is 4. The van der Waals surface area contributed by atoms with Crippen LogP contribution in [0.15, 0.2) is 63.5 Å². The molecular weight excluding hydrogens is 304 g/mol. The van der Waals surface area contributed by atoms with Crippen molar-refractivity contribution in [1.82, 2.24) is 0 Å². The van der Waals surface area contributed by atoms with E-state index in [4.69, 9.17) is 5.73 Å². The average Bonchev–Trinajstić information content (AvgIpc) is 2.53. The maximum absolute atomic E-state index is 9.25. The molecule has 0 aliphatic rings. The second kappa shape index (κ2) is 9.95. The molecule has 0 saturated heterocycles. The van der Waals surface area contributed by atoms with Gasteiger partial charge in [-0.05, 0) is 73.4 Å². The number of rotatable bonds is 7. The van der Waals surface area contributed by atoms with Crippen molar-refractivity contribution >= 4 is 18.5 Å². The van der Waals surface area contributed by atoms with E-state index in [2.05, 4.69) is 17.6 Å². The summed E-state index contributed by atoms with van der Waals surface area (Å²) in [4.78, 5) is 4.44. The summed E-state index contributed by atoms with van der Waals surface area (Å²) in [6.45, 7) is 6.75. The van der Waals surface area contributed by atoms with Crippen molar-refractivity contribution in [3.8, 4) is 5.75 Å². The van der Waals surface area contributed by atoms with Gasteiger partial charge in [0.05, 0.1) is 0 Å². The fraction of sp³-hybridized carbons (Fsp3) is 0.316. The minimum absolute atomic E-state index is 0.295. The van der Waals surface area contributed by atoms with Crippen LogP contribution in [-0.2, 0) is 6.42 Å². The largest absolute Gasteiger partial charge is 0.508 e. The highest BCUT2D eigenvalue weighted by molar-refractivity contribution is 7.83. The van der Waals surface area contributed by atoms with Gasteiger partial charge >= 0.3 is 0 Å². The Balaban J connectivity index is 2.56. The number of nitrogens with zero attached hydrogens (tertiary/aromatic N) is 1. The molecule has 0 unspecified atom stereocenters. The Kier molecular flexibility index (Phi) is 8.27. The van der Waals surface area contributed by atoms with E-state index >= 15 is 0 Å². The number of amidine groups is 1. The molecule has 1 aromatic rings. The molecule has 0 fully saturated rings. The Labute approximate surface area is 144 Å². The summed E-state index contributed by atoms with van der Waals surface area (Å²) in [6.07, 6.45) is 5.84. The van der Waals surface area contributed by atoms with E-state index in [-0.39, 0.29) is 0 Å². The number of benzene rings is 1. The van der Waals surface area contributed by atoms with Crippen molar-refractivity contribution in [1.29, 1.82) is 0 Å². The molecule has 1 aromatic carbocycles. The Morgan fingerprint density at radius 2 is 1.83 bits per heavy atom. The van der Waals surface area contributed by atoms with Crippen LogP contribution in [0.4, 0.5) is 0 Å². The molecule has 0 atom stereocenters. The van der Waals surface area contributed by atoms with Crippen LogP contribution in [0.3, 0.4) is 0 Å². The van der Waals surface area contributed by atoms with E-state index in [9.17, 15) is 5.11 Å². The normalized spacial score (nSPS) is 14.3. The number of nitrogens with two attached hydrogens (primary N) is 1. The SMILES string of the molecule is C\C(=C/C(C)=C(C)/C=C\S)C(N)=NCCCc1ccc(O)cc1. The van der Waals surface area contributed by atoms with E-state index in [1.54, 1.807) is 17.5 Å². The number of hydrogen-bond acceptors (Lipinski definition) is 3. The number of thiol groups is 1. The zero-order valence-electron chi connectivity index (χ0n) is 14.1. The summed E-state index contributed by atoms with van der Waals surface area (Å²) >= 11 is 4.08. The number of phenolic OH excluding ortho intramolecular Hbond substituents is 1. The zero-order valence-corrected chi connectivity index (χ0v) is 15.0. The highest BCUT2D eigenvalue weighted by atomic mass is 32.1. The summed E-state index contributed by atoms with van der Waals surface area (Å²) in [5.41, 5.74) is 10.5. The molecule has 23 heavy (non-hydrogen) atoms. The van der Waals surface area contributed by atoms with Gasteiger partial charge in [-0.2, -0.15) is 12.6 Å². The van der Waals surface area contributed by atoms with Crippen molar-refractivity contribution in [2.24, 2.45) is 10.7 Å². The summed E-state index contributed by atoms with van der Waals surface area (Å²) in [6, 6.07) is 7.27. The maximum Gasteiger partial charge on any atom is 0.121 e. The number of aliphatic imine (C=N–C) groups is 1. The van der Waals surface area contributed by atoms with Crippen LogP contribution in [0.25, 0.3) is 0 Å². The molecule has 0 aliphatic carbocycles. The number of hydrogen-bond donors (Lipinski definition) is 3. The first-order valence-corrected chi connectivity index (χ1v) is 8.20. The van der Waals surface area contributed by atoms with Crippen LogP contribution in [0.2, 0.25) is 0 Å². The molecule has 0 aromatic heterocycles. The molecule has 4 heteroatoms. The van der Waals surface area contributed by atoms with Crippen LogP contribution in [0.5, 0.6) is 5.75 Å². The number of aromatic hydroxyl groups is 1. The van der Waals surface area contributed by atoms with Crippen LogP contribution < -0.4 is 5.73 Å². The lowest BCUT2D eigenvalue weighted by molar-refractivity contribution is 0.475. The monoisotopic (exact) mass is 330 g/mol. The Morgan fingerprint density at radius 3 is 2.43 bits per heavy atom. The van der Waals surface area contributed by atoms with Crippen molar-refractivity contribution < 1.29 is 5.11 Å². The van der Waals surface area contributed by atoms with Crippen molar-refractivity contribution in [2.75, 3.05) is 6.54 Å². The van der Waals surface area contributed by atoms with E-state index in [0.29, 0.717) is 18.1 Å². The van der Waals surface area contributed by atoms with Gasteiger partial charge in [0.15, 0.2) is 0 Å². The highest BCUT2D eigenvalue weighted by Crippen LogP contribution is 2.12. The Hall–Kier alpha value is -1.94. The third-order valence-electron chi connectivity index (χ3n) is 3.63. The van der Waals surface area contributed by atoms with Gasteiger partial charge in [-0.25, -0.2) is 0 Å². The fourth-order valence-electron chi connectivity index (χ4n) is 2.03. The van der Waals surface area contributed by atoms with Crippen LogP contribution in [0, 0.1) is 0 Å². The molecule has 0 amide bonds. The summed E-state index contributed by atoms with van der Waals surface area (Å²) in [5.74, 6) is 0.876. The topological polar surface area (TPSA) is 58.6 Å². The average molecular weight is 330 g/mol. The molecule has 0 radical (unpaired) electrons. The lowest BCUT2D eigenvalue weighted by atomic mass is 10.1. The summed E-state index contributed by atoms with van der Waals surface area (Å²) < 4.78 is 0. The minimum Gasteiger partial charge on any atom is -0.508 e. The van der Waals surface area contributed by atoms with Gasteiger partial charge in [0.1, 0.15) is 11.6 Å². The second-order valence-electron chi connectivity index (χ2n) is 5.55. The Morgan fingerprint density at radius 1 is 1.17 bits per heavy atom. The van der Waals surface area contributed by atoms with Gasteiger partial charge in [-0.3, -0.25) is 4.99 Å². The van der Waals surface area contributed by atoms with E-state index in [1.807, 2.05) is 45.1 Å². The smallest absolute Gasteiger partial charge is 0.121 e. The second-order valence-corrected chi connectivity index (χ2v) is 5.84. The fourth-order valence-corrected chi connectivity index (χ4v) is 2.25. The van der Waals surface area contributed by atoms with Crippen molar-refractivity contribution in [3.63, 3.8) is 0 Å². The molecule has 0 bridgehead atoms. The molecular formula is C19H26N2OS. The highest BCUT2D eigenvalue weighted by Gasteiger charge is 1.99. The lowest BCUT2D eigenvalue weighted by Gasteiger charge is -2.04. The standard InChI is InChI=1S/C19H26N2OS/c1-14(10-12-23)15(2)13-16(3)19(20)21-11-4-5-17-6-8-18(22)9-7-17/h6-10,12-13,22-23H,4-5,11H2,1-3H3,(H2,20,21)/b12-10-,15-14+,16-13+. The van der Waals surface area contributed by atoms with E-state index in [0.717, 1.165) is 29.6 Å². The first-order chi connectivity index (χ1) is 10.9. The molecule has 0 aliphatic heterocycles. The first-order valence-electron chi connectivity index (χ1n) is 7.68. The maximum atomic E-state index is 9.25. The van der Waals surface area contributed by atoms with Crippen LogP contribution in [0.1, 0.15) is 32.8 Å². The minimum atomic E-state index is 0.295. The molecule has 3 nitrogen and oxygen atoms in total. The molecule has 0 heterocycles. The zero-order chi connectivity index (χ0) is 17.2. The van der Waals surface area contributed by atoms with Gasteiger partial charge in [-0.1, -0.05) is 24.3 Å². The van der Waals surface area contributed by atoms with E-state index < -0.39 is 0 Å². The van der Waals surface area contributed by atoms with Gasteiger partial charge in [0.2, 0.25) is 0 Å². The van der Waals surface area contributed by atoms with Crippen molar-refractivity contribution in [2.45, 2.75) is 33.6 Å². The molecule has 3 N–H and O–H groups in total. The molecule has 1 rings (SSSR count). The van der Waals surface area contributed by atoms with Gasteiger partial charge in [0, 0.05) is 6.54 Å². The number of aryl methyl sites for hydroxylation is 1. The van der Waals surface area contributed by atoms with Crippen LogP contribution >= 0.6 is 12.6 Å². The van der Waals surface area contributed by atoms with Gasteiger partial charge in [0.25, 0.3) is 0 Å². The first kappa shape index (κ1) is 19.1. The lowest BCUT2D eigenvalue weighted by Crippen LogP contribution is -2.14. The van der Waals surface area contributed by atoms with Gasteiger partial charge in [-0.15, -0.1) is 0 Å². The molecule has 0 saturated carbocycles. The van der Waals surface area contributed by atoms with Gasteiger partial charge < -0.3 is 10.8 Å². The third kappa shape index (κ3) is 7.24. The number of phenols is 1. The van der Waals surface area contributed by atoms with Crippen molar-refractivity contribution in [3.05, 3.63) is 64.1 Å². The predicted molar refractivity (Wildman–Crippen MR) is 103 cm³/mol. The van der Waals surface area contributed by atoms with Crippen LogP contribution in [-0.4, -0.2) is 17.5 Å². The third-order valence-corrected chi connectivity index (χ3v) is 3.77.